The lowest BCUT2D eigenvalue weighted by Crippen LogP contribution is -2.18. The number of aryl methyl sites for hydroxylation is 1. The molecule has 3 heterocycles. The number of nitrogens with zero attached hydrogens (tertiary/aromatic N) is 3. The van der Waals surface area contributed by atoms with Crippen molar-refractivity contribution in [3.05, 3.63) is 72.7 Å². The maximum atomic E-state index is 12.3. The summed E-state index contributed by atoms with van der Waals surface area (Å²) in [6.45, 7) is 0.434. The number of amides is 2. The number of para-hydroxylation sites is 2. The molecule has 166 valence electrons. The van der Waals surface area contributed by atoms with Crippen molar-refractivity contribution >= 4 is 34.2 Å². The van der Waals surface area contributed by atoms with Crippen LogP contribution in [0.3, 0.4) is 0 Å². The molecule has 0 spiro atoms. The molecule has 33 heavy (non-hydrogen) atoms. The fraction of sp³-hybridized carbons (Fsp3) is 0.200. The summed E-state index contributed by atoms with van der Waals surface area (Å²) in [5, 5.41) is 5.73. The van der Waals surface area contributed by atoms with Gasteiger partial charge in [-0.15, -0.1) is 0 Å². The molecule has 0 radical (unpaired) electrons. The first-order chi connectivity index (χ1) is 16.2. The Bertz CT molecular complexity index is 1310. The zero-order valence-corrected chi connectivity index (χ0v) is 18.0. The number of anilines is 2. The van der Waals surface area contributed by atoms with Gasteiger partial charge in [0.15, 0.2) is 0 Å². The quantitative estimate of drug-likeness (QED) is 0.421. The number of fused-ring (bicyclic) bond motifs is 2. The highest BCUT2D eigenvalue weighted by atomic mass is 16.5. The van der Waals surface area contributed by atoms with E-state index in [0.717, 1.165) is 33.9 Å². The lowest BCUT2D eigenvalue weighted by atomic mass is 10.0. The van der Waals surface area contributed by atoms with Gasteiger partial charge >= 0.3 is 0 Å². The molecule has 2 N–H and O–H groups in total. The van der Waals surface area contributed by atoms with Gasteiger partial charge in [-0.3, -0.25) is 14.2 Å². The highest BCUT2D eigenvalue weighted by Gasteiger charge is 2.15. The predicted octanol–water partition coefficient (Wildman–Crippen LogP) is 4.10. The van der Waals surface area contributed by atoms with E-state index in [-0.39, 0.29) is 11.8 Å². The van der Waals surface area contributed by atoms with Crippen molar-refractivity contribution in [2.75, 3.05) is 17.2 Å². The number of pyridine rings is 1. The molecule has 2 amide bonds. The Hall–Kier alpha value is -4.20. The van der Waals surface area contributed by atoms with Crippen molar-refractivity contribution < 1.29 is 14.3 Å². The molecule has 0 bridgehead atoms. The number of nitrogens with one attached hydrogen (secondary N) is 2. The summed E-state index contributed by atoms with van der Waals surface area (Å²) < 4.78 is 7.69. The Kier molecular flexibility index (Phi) is 5.72. The van der Waals surface area contributed by atoms with E-state index < -0.39 is 0 Å². The minimum absolute atomic E-state index is 0.0437. The Morgan fingerprint density at radius 1 is 1.09 bits per heavy atom. The van der Waals surface area contributed by atoms with Crippen molar-refractivity contribution in [1.29, 1.82) is 0 Å². The monoisotopic (exact) mass is 441 g/mol. The van der Waals surface area contributed by atoms with Crippen LogP contribution >= 0.6 is 0 Å². The lowest BCUT2D eigenvalue weighted by Gasteiger charge is -2.17. The molecule has 1 aliphatic heterocycles. The van der Waals surface area contributed by atoms with E-state index >= 15 is 0 Å². The molecule has 2 aromatic heterocycles. The van der Waals surface area contributed by atoms with Gasteiger partial charge in [-0.2, -0.15) is 0 Å². The molecule has 4 aromatic rings. The first-order valence-electron chi connectivity index (χ1n) is 10.9. The van der Waals surface area contributed by atoms with Crippen LogP contribution in [0.5, 0.6) is 5.75 Å². The number of aromatic nitrogens is 3. The highest BCUT2D eigenvalue weighted by Crippen LogP contribution is 2.27. The van der Waals surface area contributed by atoms with Crippen LogP contribution in [-0.4, -0.2) is 33.0 Å². The molecule has 1 aliphatic rings. The molecule has 2 aromatic carbocycles. The van der Waals surface area contributed by atoms with Crippen molar-refractivity contribution in [2.45, 2.75) is 25.7 Å². The number of hydrogen-bond donors (Lipinski definition) is 2. The Morgan fingerprint density at radius 3 is 2.88 bits per heavy atom. The molecular weight excluding hydrogens is 418 g/mol. The molecule has 0 saturated heterocycles. The molecular formula is C25H23N5O3. The molecule has 0 fully saturated rings. The molecule has 0 aliphatic carbocycles. The number of hydrogen-bond acceptors (Lipinski definition) is 5. The van der Waals surface area contributed by atoms with Gasteiger partial charge in [-0.25, -0.2) is 9.97 Å². The van der Waals surface area contributed by atoms with Gasteiger partial charge in [0.25, 0.3) is 0 Å². The summed E-state index contributed by atoms with van der Waals surface area (Å²) in [6, 6.07) is 17.2. The van der Waals surface area contributed by atoms with Gasteiger partial charge in [0, 0.05) is 18.5 Å². The van der Waals surface area contributed by atoms with Gasteiger partial charge in [0.1, 0.15) is 17.9 Å². The average molecular weight is 441 g/mol. The van der Waals surface area contributed by atoms with Gasteiger partial charge in [-0.05, 0) is 60.9 Å². The van der Waals surface area contributed by atoms with Crippen molar-refractivity contribution in [3.8, 4) is 11.6 Å². The number of carbonyl (C=O) groups is 2. The van der Waals surface area contributed by atoms with Gasteiger partial charge in [0.2, 0.25) is 11.8 Å². The van der Waals surface area contributed by atoms with Crippen LogP contribution in [0.1, 0.15) is 24.8 Å². The van der Waals surface area contributed by atoms with E-state index in [1.807, 2.05) is 59.2 Å². The lowest BCUT2D eigenvalue weighted by molar-refractivity contribution is -0.117. The number of ether oxygens (including phenoxy) is 1. The van der Waals surface area contributed by atoms with Crippen LogP contribution in [-0.2, 0) is 16.0 Å². The predicted molar refractivity (Wildman–Crippen MR) is 126 cm³/mol. The molecule has 0 atom stereocenters. The molecule has 0 unspecified atom stereocenters. The Balaban J connectivity index is 1.10. The van der Waals surface area contributed by atoms with Crippen molar-refractivity contribution in [1.82, 2.24) is 14.5 Å². The highest BCUT2D eigenvalue weighted by molar-refractivity contribution is 5.94. The standard InChI is InChI=1S/C25H23N5O3/c31-24(6-3-13-33-19-9-10-20-17(14-19)7-12-25(32)29-20)28-18-8-11-23(26-15-18)30-16-27-21-4-1-2-5-22(21)30/h1-2,4-5,8-11,14-16H,3,6-7,12-13H2,(H,28,31)(H,29,32). The number of carbonyl (C=O) groups excluding carboxylic acids is 2. The first kappa shape index (κ1) is 20.7. The topological polar surface area (TPSA) is 98.1 Å². The maximum absolute atomic E-state index is 12.3. The second-order valence-electron chi connectivity index (χ2n) is 7.88. The Labute approximate surface area is 190 Å². The van der Waals surface area contributed by atoms with Crippen LogP contribution < -0.4 is 15.4 Å². The third-order valence-electron chi connectivity index (χ3n) is 5.52. The summed E-state index contributed by atoms with van der Waals surface area (Å²) in [4.78, 5) is 32.6. The van der Waals surface area contributed by atoms with Gasteiger partial charge in [0.05, 0.1) is 29.5 Å². The van der Waals surface area contributed by atoms with Gasteiger partial charge < -0.3 is 15.4 Å². The minimum atomic E-state index is -0.0885. The second kappa shape index (κ2) is 9.12. The summed E-state index contributed by atoms with van der Waals surface area (Å²) in [7, 11) is 0. The smallest absolute Gasteiger partial charge is 0.224 e. The summed E-state index contributed by atoms with van der Waals surface area (Å²) >= 11 is 0. The van der Waals surface area contributed by atoms with E-state index in [1.165, 1.54) is 0 Å². The Morgan fingerprint density at radius 2 is 2.00 bits per heavy atom. The van der Waals surface area contributed by atoms with E-state index in [1.54, 1.807) is 12.5 Å². The van der Waals surface area contributed by atoms with E-state index in [9.17, 15) is 9.59 Å². The summed E-state index contributed by atoms with van der Waals surface area (Å²) in [5.41, 5.74) is 4.45. The second-order valence-corrected chi connectivity index (χ2v) is 7.88. The normalized spacial score (nSPS) is 12.8. The van der Waals surface area contributed by atoms with Gasteiger partial charge in [-0.1, -0.05) is 12.1 Å². The van der Waals surface area contributed by atoms with E-state index in [0.29, 0.717) is 38.0 Å². The zero-order chi connectivity index (χ0) is 22.6. The third kappa shape index (κ3) is 4.69. The van der Waals surface area contributed by atoms with E-state index in [4.69, 9.17) is 4.74 Å². The van der Waals surface area contributed by atoms with Crippen LogP contribution in [0.2, 0.25) is 0 Å². The number of imidazole rings is 1. The molecule has 0 saturated carbocycles. The van der Waals surface area contributed by atoms with Crippen LogP contribution in [0.15, 0.2) is 67.1 Å². The molecule has 8 heteroatoms. The zero-order valence-electron chi connectivity index (χ0n) is 18.0. The number of rotatable bonds is 7. The first-order valence-corrected chi connectivity index (χ1v) is 10.9. The largest absolute Gasteiger partial charge is 0.494 e. The minimum Gasteiger partial charge on any atom is -0.494 e. The summed E-state index contributed by atoms with van der Waals surface area (Å²) in [6.07, 6.45) is 5.52. The van der Waals surface area contributed by atoms with Crippen LogP contribution in [0, 0.1) is 0 Å². The summed E-state index contributed by atoms with van der Waals surface area (Å²) in [5.74, 6) is 1.44. The van der Waals surface area contributed by atoms with Crippen molar-refractivity contribution in [2.24, 2.45) is 0 Å². The third-order valence-corrected chi connectivity index (χ3v) is 5.52. The van der Waals surface area contributed by atoms with E-state index in [2.05, 4.69) is 20.6 Å². The maximum Gasteiger partial charge on any atom is 0.224 e. The molecule has 8 nitrogen and oxygen atoms in total. The van der Waals surface area contributed by atoms with Crippen molar-refractivity contribution in [3.63, 3.8) is 0 Å². The SMILES string of the molecule is O=C(CCCOc1ccc2c(c1)CCC(=O)N2)Nc1ccc(-n2cnc3ccccc32)nc1. The average Bonchev–Trinajstić information content (AvgIpc) is 3.26. The fourth-order valence-corrected chi connectivity index (χ4v) is 3.84. The van der Waals surface area contributed by atoms with Crippen LogP contribution in [0.4, 0.5) is 11.4 Å². The van der Waals surface area contributed by atoms with Crippen LogP contribution in [0.25, 0.3) is 16.9 Å². The fourth-order valence-electron chi connectivity index (χ4n) is 3.84. The molecule has 5 rings (SSSR count). The number of benzene rings is 2.